The summed E-state index contributed by atoms with van der Waals surface area (Å²) in [5.41, 5.74) is 5.87. The van der Waals surface area contributed by atoms with Crippen LogP contribution in [0.4, 0.5) is 0 Å². The first-order valence-electron chi connectivity index (χ1n) is 8.60. The molecule has 1 atom stereocenters. The van der Waals surface area contributed by atoms with Crippen LogP contribution in [-0.2, 0) is 14.8 Å². The van der Waals surface area contributed by atoms with Crippen LogP contribution in [0.1, 0.15) is 19.3 Å². The first-order valence-corrected chi connectivity index (χ1v) is 10.0. The monoisotopic (exact) mass is 367 g/mol. The van der Waals surface area contributed by atoms with Crippen LogP contribution in [0.3, 0.4) is 0 Å². The molecule has 2 fully saturated rings. The van der Waals surface area contributed by atoms with Crippen LogP contribution in [0.25, 0.3) is 0 Å². The van der Waals surface area contributed by atoms with Gasteiger partial charge in [0.15, 0.2) is 0 Å². The second-order valence-corrected chi connectivity index (χ2v) is 8.62. The molecular formula is C17H25N3O4S. The molecule has 8 heteroatoms. The molecule has 0 aliphatic carbocycles. The summed E-state index contributed by atoms with van der Waals surface area (Å²) in [6.45, 7) is 2.06. The molecule has 7 nitrogen and oxygen atoms in total. The highest BCUT2D eigenvalue weighted by Crippen LogP contribution is 2.27. The number of benzene rings is 1. The molecule has 1 aromatic rings. The predicted octanol–water partition coefficient (Wildman–Crippen LogP) is 0.656. The Morgan fingerprint density at radius 3 is 2.28 bits per heavy atom. The van der Waals surface area contributed by atoms with E-state index in [0.29, 0.717) is 44.8 Å². The quantitative estimate of drug-likeness (QED) is 0.844. The van der Waals surface area contributed by atoms with E-state index in [9.17, 15) is 13.2 Å². The number of hydrogen-bond acceptors (Lipinski definition) is 5. The van der Waals surface area contributed by atoms with E-state index in [2.05, 4.69) is 0 Å². The number of sulfonamides is 1. The second-order valence-electron chi connectivity index (χ2n) is 6.69. The van der Waals surface area contributed by atoms with Gasteiger partial charge in [-0.3, -0.25) is 4.79 Å². The van der Waals surface area contributed by atoms with Gasteiger partial charge in [-0.25, -0.2) is 8.42 Å². The van der Waals surface area contributed by atoms with Gasteiger partial charge in [-0.2, -0.15) is 4.31 Å². The van der Waals surface area contributed by atoms with Crippen LogP contribution in [0.2, 0.25) is 0 Å². The van der Waals surface area contributed by atoms with Crippen LogP contribution in [0.5, 0.6) is 5.75 Å². The molecule has 2 saturated heterocycles. The standard InChI is InChI=1S/C17H25N3O4S/c1-24-15-2-4-16(5-3-15)25(22,23)20-10-6-13(7-11-20)17(21)19-9-8-14(18)12-19/h2-5,13-14H,6-12,18H2,1H3/t14-/m1/s1. The van der Waals surface area contributed by atoms with E-state index >= 15 is 0 Å². The van der Waals surface area contributed by atoms with Crippen molar-refractivity contribution in [2.24, 2.45) is 11.7 Å². The van der Waals surface area contributed by atoms with Gasteiger partial charge in [0.05, 0.1) is 12.0 Å². The van der Waals surface area contributed by atoms with E-state index in [-0.39, 0.29) is 22.8 Å². The molecule has 0 aromatic heterocycles. The summed E-state index contributed by atoms with van der Waals surface area (Å²) >= 11 is 0. The lowest BCUT2D eigenvalue weighted by Crippen LogP contribution is -2.44. The lowest BCUT2D eigenvalue weighted by Gasteiger charge is -2.32. The largest absolute Gasteiger partial charge is 0.497 e. The Hall–Kier alpha value is -1.64. The molecule has 2 aliphatic heterocycles. The lowest BCUT2D eigenvalue weighted by molar-refractivity contribution is -0.135. The lowest BCUT2D eigenvalue weighted by atomic mass is 9.97. The second kappa shape index (κ2) is 7.31. The van der Waals surface area contributed by atoms with Crippen molar-refractivity contribution in [2.75, 3.05) is 33.3 Å². The fourth-order valence-corrected chi connectivity index (χ4v) is 4.96. The van der Waals surface area contributed by atoms with Gasteiger partial charge in [0, 0.05) is 38.1 Å². The number of rotatable bonds is 4. The third kappa shape index (κ3) is 3.80. The molecule has 3 rings (SSSR count). The average Bonchev–Trinajstić information content (AvgIpc) is 3.07. The summed E-state index contributed by atoms with van der Waals surface area (Å²) in [5, 5.41) is 0. The molecule has 2 aliphatic rings. The maximum absolute atomic E-state index is 12.7. The molecule has 138 valence electrons. The first kappa shape index (κ1) is 18.2. The fraction of sp³-hybridized carbons (Fsp3) is 0.588. The van der Waals surface area contributed by atoms with Gasteiger partial charge < -0.3 is 15.4 Å². The zero-order valence-electron chi connectivity index (χ0n) is 14.4. The molecule has 0 bridgehead atoms. The zero-order chi connectivity index (χ0) is 18.0. The van der Waals surface area contributed by atoms with Crippen LogP contribution >= 0.6 is 0 Å². The maximum Gasteiger partial charge on any atom is 0.243 e. The van der Waals surface area contributed by atoms with Gasteiger partial charge in [-0.1, -0.05) is 0 Å². The Labute approximate surface area is 148 Å². The first-order chi connectivity index (χ1) is 11.9. The molecule has 1 amide bonds. The Morgan fingerprint density at radius 2 is 1.76 bits per heavy atom. The maximum atomic E-state index is 12.7. The third-order valence-corrected chi connectivity index (χ3v) is 6.95. The van der Waals surface area contributed by atoms with E-state index in [4.69, 9.17) is 10.5 Å². The highest BCUT2D eigenvalue weighted by molar-refractivity contribution is 7.89. The van der Waals surface area contributed by atoms with Crippen molar-refractivity contribution in [3.63, 3.8) is 0 Å². The molecule has 0 radical (unpaired) electrons. The van der Waals surface area contributed by atoms with Crippen molar-refractivity contribution in [3.8, 4) is 5.75 Å². The number of nitrogens with zero attached hydrogens (tertiary/aromatic N) is 2. The highest BCUT2D eigenvalue weighted by Gasteiger charge is 2.35. The number of carbonyl (C=O) groups is 1. The Morgan fingerprint density at radius 1 is 1.12 bits per heavy atom. The van der Waals surface area contributed by atoms with Crippen molar-refractivity contribution in [1.29, 1.82) is 0 Å². The highest BCUT2D eigenvalue weighted by atomic mass is 32.2. The van der Waals surface area contributed by atoms with E-state index in [0.717, 1.165) is 6.42 Å². The number of likely N-dealkylation sites (tertiary alicyclic amines) is 1. The van der Waals surface area contributed by atoms with E-state index in [1.165, 1.54) is 4.31 Å². The number of carbonyl (C=O) groups excluding carboxylic acids is 1. The van der Waals surface area contributed by atoms with Gasteiger partial charge in [-0.15, -0.1) is 0 Å². The van der Waals surface area contributed by atoms with Crippen molar-refractivity contribution in [2.45, 2.75) is 30.2 Å². The van der Waals surface area contributed by atoms with Gasteiger partial charge in [-0.05, 0) is 43.5 Å². The minimum atomic E-state index is -3.53. The Bertz CT molecular complexity index is 712. The zero-order valence-corrected chi connectivity index (χ0v) is 15.2. The predicted molar refractivity (Wildman–Crippen MR) is 93.6 cm³/mol. The number of nitrogens with two attached hydrogens (primary N) is 1. The molecule has 0 unspecified atom stereocenters. The Balaban J connectivity index is 1.61. The van der Waals surface area contributed by atoms with Crippen LogP contribution in [0, 0.1) is 5.92 Å². The number of methoxy groups -OCH3 is 1. The molecule has 25 heavy (non-hydrogen) atoms. The summed E-state index contributed by atoms with van der Waals surface area (Å²) < 4.78 is 32.0. The molecular weight excluding hydrogens is 342 g/mol. The third-order valence-electron chi connectivity index (χ3n) is 5.04. The van der Waals surface area contributed by atoms with Crippen LogP contribution < -0.4 is 10.5 Å². The van der Waals surface area contributed by atoms with Crippen molar-refractivity contribution in [3.05, 3.63) is 24.3 Å². The number of hydrogen-bond donors (Lipinski definition) is 1. The minimum absolute atomic E-state index is 0.0690. The summed E-state index contributed by atoms with van der Waals surface area (Å²) in [6, 6.07) is 6.45. The van der Waals surface area contributed by atoms with Gasteiger partial charge in [0.25, 0.3) is 0 Å². The van der Waals surface area contributed by atoms with Gasteiger partial charge >= 0.3 is 0 Å². The smallest absolute Gasteiger partial charge is 0.243 e. The van der Waals surface area contributed by atoms with Crippen LogP contribution in [0.15, 0.2) is 29.2 Å². The summed E-state index contributed by atoms with van der Waals surface area (Å²) in [5.74, 6) is 0.633. The number of amides is 1. The van der Waals surface area contributed by atoms with E-state index in [1.54, 1.807) is 31.4 Å². The van der Waals surface area contributed by atoms with Crippen LogP contribution in [-0.4, -0.2) is 62.9 Å². The molecule has 0 saturated carbocycles. The normalized spacial score (nSPS) is 23.0. The van der Waals surface area contributed by atoms with Gasteiger partial charge in [0.1, 0.15) is 5.75 Å². The van der Waals surface area contributed by atoms with Crippen molar-refractivity contribution < 1.29 is 17.9 Å². The average molecular weight is 367 g/mol. The van der Waals surface area contributed by atoms with E-state index in [1.807, 2.05) is 4.90 Å². The Kier molecular flexibility index (Phi) is 5.31. The summed E-state index contributed by atoms with van der Waals surface area (Å²) in [4.78, 5) is 14.6. The summed E-state index contributed by atoms with van der Waals surface area (Å²) in [7, 11) is -1.99. The summed E-state index contributed by atoms with van der Waals surface area (Å²) in [6.07, 6.45) is 1.95. The topological polar surface area (TPSA) is 92.9 Å². The molecule has 1 aromatic carbocycles. The fourth-order valence-electron chi connectivity index (χ4n) is 3.49. The number of ether oxygens (including phenoxy) is 1. The SMILES string of the molecule is COc1ccc(S(=O)(=O)N2CCC(C(=O)N3CC[C@@H](N)C3)CC2)cc1. The van der Waals surface area contributed by atoms with Crippen molar-refractivity contribution >= 4 is 15.9 Å². The van der Waals surface area contributed by atoms with Gasteiger partial charge in [0.2, 0.25) is 15.9 Å². The number of piperidine rings is 1. The molecule has 0 spiro atoms. The molecule has 2 N–H and O–H groups in total. The minimum Gasteiger partial charge on any atom is -0.497 e. The van der Waals surface area contributed by atoms with Crippen molar-refractivity contribution in [1.82, 2.24) is 9.21 Å². The van der Waals surface area contributed by atoms with E-state index < -0.39 is 10.0 Å². The molecule has 2 heterocycles.